The topological polar surface area (TPSA) is 0 Å². The molecular weight excluding hydrogens is 276 g/mol. The largest absolute Gasteiger partial charge is 0.100 e. The fourth-order valence-electron chi connectivity index (χ4n) is 4.43. The van der Waals surface area contributed by atoms with E-state index in [0.717, 1.165) is 6.42 Å². The van der Waals surface area contributed by atoms with Crippen molar-refractivity contribution in [2.45, 2.75) is 91.9 Å². The molecule has 0 heterocycles. The minimum absolute atomic E-state index is 0.639. The van der Waals surface area contributed by atoms with Gasteiger partial charge in [-0.3, -0.25) is 0 Å². The van der Waals surface area contributed by atoms with Crippen LogP contribution in [-0.4, -0.2) is 0 Å². The third-order valence-electron chi connectivity index (χ3n) is 5.45. The molecular formula is C23H36. The van der Waals surface area contributed by atoms with Gasteiger partial charge in [-0.15, -0.1) is 6.58 Å². The van der Waals surface area contributed by atoms with Gasteiger partial charge in [-0.1, -0.05) is 62.3 Å². The highest BCUT2D eigenvalue weighted by Gasteiger charge is 2.34. The fourth-order valence-corrected chi connectivity index (χ4v) is 4.43. The van der Waals surface area contributed by atoms with E-state index in [-0.39, 0.29) is 0 Å². The van der Waals surface area contributed by atoms with Crippen molar-refractivity contribution >= 4 is 0 Å². The van der Waals surface area contributed by atoms with Gasteiger partial charge in [-0.2, -0.15) is 0 Å². The molecule has 128 valence electrons. The van der Waals surface area contributed by atoms with Gasteiger partial charge in [0, 0.05) is 5.92 Å². The Morgan fingerprint density at radius 1 is 1.13 bits per heavy atom. The molecule has 0 spiro atoms. The van der Waals surface area contributed by atoms with Gasteiger partial charge in [-0.05, 0) is 69.1 Å². The Bertz CT molecular complexity index is 524. The van der Waals surface area contributed by atoms with Crippen molar-refractivity contribution in [3.63, 3.8) is 0 Å². The van der Waals surface area contributed by atoms with E-state index < -0.39 is 0 Å². The molecule has 0 fully saturated rings. The second-order valence-electron chi connectivity index (χ2n) is 7.63. The Kier molecular flexibility index (Phi) is 6.93. The van der Waals surface area contributed by atoms with Gasteiger partial charge in [-0.25, -0.2) is 0 Å². The van der Waals surface area contributed by atoms with Gasteiger partial charge in [0.05, 0.1) is 0 Å². The van der Waals surface area contributed by atoms with Crippen LogP contribution in [0.1, 0.15) is 91.9 Å². The zero-order valence-corrected chi connectivity index (χ0v) is 15.9. The molecule has 0 heteroatoms. The highest BCUT2D eigenvalue weighted by atomic mass is 14.4. The summed E-state index contributed by atoms with van der Waals surface area (Å²) in [5.41, 5.74) is 9.79. The van der Waals surface area contributed by atoms with Crippen LogP contribution in [0.5, 0.6) is 0 Å². The van der Waals surface area contributed by atoms with E-state index in [0.29, 0.717) is 5.92 Å². The molecule has 0 N–H and O–H groups in total. The van der Waals surface area contributed by atoms with Crippen molar-refractivity contribution < 1.29 is 0 Å². The van der Waals surface area contributed by atoms with E-state index in [1.807, 2.05) is 0 Å². The molecule has 1 unspecified atom stereocenters. The first-order valence-electron chi connectivity index (χ1n) is 9.86. The minimum atomic E-state index is 0.639. The molecule has 0 amide bonds. The summed E-state index contributed by atoms with van der Waals surface area (Å²) >= 11 is 0. The maximum atomic E-state index is 4.22. The zero-order chi connectivity index (χ0) is 16.8. The molecule has 0 saturated heterocycles. The second kappa shape index (κ2) is 8.71. The first-order valence-corrected chi connectivity index (χ1v) is 9.86. The van der Waals surface area contributed by atoms with E-state index in [9.17, 15) is 0 Å². The lowest BCUT2D eigenvalue weighted by molar-refractivity contribution is 0.651. The molecule has 1 atom stereocenters. The molecule has 0 aromatic heterocycles. The van der Waals surface area contributed by atoms with Crippen molar-refractivity contribution in [1.82, 2.24) is 0 Å². The van der Waals surface area contributed by atoms with Crippen LogP contribution in [0, 0.1) is 5.92 Å². The summed E-state index contributed by atoms with van der Waals surface area (Å²) in [6.45, 7) is 13.4. The number of allylic oxidation sites excluding steroid dienone is 7. The lowest BCUT2D eigenvalue weighted by Crippen LogP contribution is -2.07. The Labute approximate surface area is 144 Å². The van der Waals surface area contributed by atoms with E-state index in [1.165, 1.54) is 63.4 Å². The van der Waals surface area contributed by atoms with Crippen LogP contribution in [0.15, 0.2) is 46.1 Å². The maximum absolute atomic E-state index is 4.22. The van der Waals surface area contributed by atoms with Gasteiger partial charge >= 0.3 is 0 Å². The summed E-state index contributed by atoms with van der Waals surface area (Å²) < 4.78 is 0. The highest BCUT2D eigenvalue weighted by Crippen LogP contribution is 2.50. The van der Waals surface area contributed by atoms with Crippen molar-refractivity contribution in [2.75, 3.05) is 0 Å². The first kappa shape index (κ1) is 18.3. The average Bonchev–Trinajstić information content (AvgIpc) is 2.79. The van der Waals surface area contributed by atoms with Crippen LogP contribution in [0.3, 0.4) is 0 Å². The SMILES string of the molecule is C=C(C)CC1C(CCC)=C(CCCCCC)C2=CCCC(C)=C21. The minimum Gasteiger partial charge on any atom is -0.100 e. The molecule has 0 aliphatic heterocycles. The van der Waals surface area contributed by atoms with E-state index in [4.69, 9.17) is 0 Å². The van der Waals surface area contributed by atoms with Crippen LogP contribution in [0.4, 0.5) is 0 Å². The lowest BCUT2D eigenvalue weighted by atomic mass is 9.82. The molecule has 0 bridgehead atoms. The predicted octanol–water partition coefficient (Wildman–Crippen LogP) is 7.69. The van der Waals surface area contributed by atoms with Crippen molar-refractivity contribution in [1.29, 1.82) is 0 Å². The molecule has 0 saturated carbocycles. The summed E-state index contributed by atoms with van der Waals surface area (Å²) in [6.07, 6.45) is 15.5. The van der Waals surface area contributed by atoms with Crippen LogP contribution < -0.4 is 0 Å². The summed E-state index contributed by atoms with van der Waals surface area (Å²) in [5, 5.41) is 0. The number of unbranched alkanes of at least 4 members (excludes halogenated alkanes) is 3. The average molecular weight is 313 g/mol. The van der Waals surface area contributed by atoms with Crippen LogP contribution >= 0.6 is 0 Å². The van der Waals surface area contributed by atoms with E-state index >= 15 is 0 Å². The van der Waals surface area contributed by atoms with E-state index in [2.05, 4.69) is 40.3 Å². The van der Waals surface area contributed by atoms with Crippen LogP contribution in [0.25, 0.3) is 0 Å². The smallest absolute Gasteiger partial charge is 0.00965 e. The summed E-state index contributed by atoms with van der Waals surface area (Å²) in [6, 6.07) is 0. The molecule has 2 aliphatic carbocycles. The highest BCUT2D eigenvalue weighted by molar-refractivity contribution is 5.62. The molecule has 23 heavy (non-hydrogen) atoms. The van der Waals surface area contributed by atoms with Crippen LogP contribution in [-0.2, 0) is 0 Å². The molecule has 0 aromatic carbocycles. The van der Waals surface area contributed by atoms with Crippen molar-refractivity contribution in [3.05, 3.63) is 46.1 Å². The Balaban J connectivity index is 2.32. The molecule has 2 aliphatic rings. The lowest BCUT2D eigenvalue weighted by Gasteiger charge is -2.22. The zero-order valence-electron chi connectivity index (χ0n) is 15.9. The van der Waals surface area contributed by atoms with Gasteiger partial charge in [0.25, 0.3) is 0 Å². The third kappa shape index (κ3) is 4.28. The number of rotatable bonds is 9. The Morgan fingerprint density at radius 2 is 1.91 bits per heavy atom. The van der Waals surface area contributed by atoms with Crippen molar-refractivity contribution in [2.24, 2.45) is 5.92 Å². The molecule has 0 aromatic rings. The standard InChI is InChI=1S/C23H36/c1-6-8-9-10-14-20-19(12-7-2)22(16-17(3)4)23-18(5)13-11-15-21(20)23/h15,22H,3,6-14,16H2,1-2,4-5H3. The third-order valence-corrected chi connectivity index (χ3v) is 5.45. The van der Waals surface area contributed by atoms with Crippen LogP contribution in [0.2, 0.25) is 0 Å². The summed E-state index contributed by atoms with van der Waals surface area (Å²) in [7, 11) is 0. The molecule has 0 nitrogen and oxygen atoms in total. The Hall–Kier alpha value is -1.04. The predicted molar refractivity (Wildman–Crippen MR) is 104 cm³/mol. The fraction of sp³-hybridized carbons (Fsp3) is 0.652. The summed E-state index contributed by atoms with van der Waals surface area (Å²) in [5.74, 6) is 0.639. The second-order valence-corrected chi connectivity index (χ2v) is 7.63. The Morgan fingerprint density at radius 3 is 2.57 bits per heavy atom. The van der Waals surface area contributed by atoms with Gasteiger partial charge < -0.3 is 0 Å². The normalized spacial score (nSPS) is 20.9. The number of hydrogen-bond donors (Lipinski definition) is 0. The monoisotopic (exact) mass is 312 g/mol. The molecule has 2 rings (SSSR count). The van der Waals surface area contributed by atoms with Gasteiger partial charge in [0.15, 0.2) is 0 Å². The molecule has 0 radical (unpaired) electrons. The number of fused-ring (bicyclic) bond motifs is 1. The van der Waals surface area contributed by atoms with Gasteiger partial charge in [0.2, 0.25) is 0 Å². The van der Waals surface area contributed by atoms with E-state index in [1.54, 1.807) is 27.9 Å². The number of hydrogen-bond acceptors (Lipinski definition) is 0. The van der Waals surface area contributed by atoms with Gasteiger partial charge in [0.1, 0.15) is 0 Å². The quantitative estimate of drug-likeness (QED) is 0.302. The summed E-state index contributed by atoms with van der Waals surface area (Å²) in [4.78, 5) is 0. The maximum Gasteiger partial charge on any atom is 0.00965 e. The van der Waals surface area contributed by atoms with Crippen molar-refractivity contribution in [3.8, 4) is 0 Å². The first-order chi connectivity index (χ1) is 11.1.